The lowest BCUT2D eigenvalue weighted by Gasteiger charge is -2.44. The zero-order valence-corrected chi connectivity index (χ0v) is 19.0. The first-order chi connectivity index (χ1) is 14.8. The molecular weight excluding hydrogens is 386 g/mol. The largest absolute Gasteiger partial charge is 0.497 e. The molecule has 0 spiro atoms. The SMILES string of the molecule is COc1ccc(C2(O)CC3CCC(C2)N3Cc2c(C(C)(C)C)[nH]c3ncccc23)cc1. The number of hydrogen-bond donors (Lipinski definition) is 2. The first kappa shape index (κ1) is 20.5. The molecule has 5 rings (SSSR count). The topological polar surface area (TPSA) is 61.4 Å². The molecule has 4 heterocycles. The summed E-state index contributed by atoms with van der Waals surface area (Å²) in [4.78, 5) is 10.8. The van der Waals surface area contributed by atoms with E-state index in [0.29, 0.717) is 12.1 Å². The van der Waals surface area contributed by atoms with Crippen LogP contribution in [0.15, 0.2) is 42.6 Å². The summed E-state index contributed by atoms with van der Waals surface area (Å²) in [6, 6.07) is 12.9. The average Bonchev–Trinajstić information content (AvgIpc) is 3.24. The van der Waals surface area contributed by atoms with Gasteiger partial charge in [-0.15, -0.1) is 0 Å². The highest BCUT2D eigenvalue weighted by molar-refractivity contribution is 5.81. The fraction of sp³-hybridized carbons (Fsp3) is 0.500. The number of nitrogens with one attached hydrogen (secondary N) is 1. The summed E-state index contributed by atoms with van der Waals surface area (Å²) in [7, 11) is 1.68. The van der Waals surface area contributed by atoms with E-state index in [1.165, 1.54) is 16.6 Å². The molecule has 2 aliphatic rings. The van der Waals surface area contributed by atoms with Crippen LogP contribution < -0.4 is 4.74 Å². The van der Waals surface area contributed by atoms with Gasteiger partial charge in [0.1, 0.15) is 11.4 Å². The standard InChI is InChI=1S/C26H33N3O2/c1-25(2,3)23-22(21-6-5-13-27-24(21)28-23)16-29-18-9-10-19(29)15-26(30,14-18)17-7-11-20(31-4)12-8-17/h5-8,11-13,18-19,30H,9-10,14-16H2,1-4H3,(H,27,28). The number of aromatic nitrogens is 2. The van der Waals surface area contributed by atoms with Gasteiger partial charge in [-0.25, -0.2) is 4.98 Å². The third-order valence-corrected chi connectivity index (χ3v) is 7.31. The Kier molecular flexibility index (Phi) is 4.87. The van der Waals surface area contributed by atoms with Gasteiger partial charge in [-0.2, -0.15) is 0 Å². The maximum absolute atomic E-state index is 11.6. The molecule has 31 heavy (non-hydrogen) atoms. The first-order valence-electron chi connectivity index (χ1n) is 11.4. The smallest absolute Gasteiger partial charge is 0.137 e. The van der Waals surface area contributed by atoms with Crippen LogP contribution in [0.4, 0.5) is 0 Å². The van der Waals surface area contributed by atoms with Crippen LogP contribution in [0.25, 0.3) is 11.0 Å². The highest BCUT2D eigenvalue weighted by atomic mass is 16.5. The molecule has 2 fully saturated rings. The molecule has 2 N–H and O–H groups in total. The molecule has 1 aromatic carbocycles. The molecule has 3 aromatic rings. The second-order valence-electron chi connectivity index (χ2n) is 10.4. The first-order valence-corrected chi connectivity index (χ1v) is 11.4. The van der Waals surface area contributed by atoms with Gasteiger partial charge < -0.3 is 14.8 Å². The molecule has 0 amide bonds. The van der Waals surface area contributed by atoms with Crippen molar-refractivity contribution in [2.24, 2.45) is 0 Å². The Labute approximate surface area is 184 Å². The Bertz CT molecular complexity index is 1070. The summed E-state index contributed by atoms with van der Waals surface area (Å²) in [5, 5.41) is 12.8. The molecule has 2 atom stereocenters. The molecule has 2 aliphatic heterocycles. The van der Waals surface area contributed by atoms with Gasteiger partial charge in [0, 0.05) is 41.3 Å². The summed E-state index contributed by atoms with van der Waals surface area (Å²) in [6.07, 6.45) is 5.71. The van der Waals surface area contributed by atoms with Crippen molar-refractivity contribution in [3.63, 3.8) is 0 Å². The highest BCUT2D eigenvalue weighted by Gasteiger charge is 2.48. The third-order valence-electron chi connectivity index (χ3n) is 7.31. The van der Waals surface area contributed by atoms with Crippen molar-refractivity contribution in [1.82, 2.24) is 14.9 Å². The summed E-state index contributed by atoms with van der Waals surface area (Å²) in [6.45, 7) is 7.68. The van der Waals surface area contributed by atoms with Crippen LogP contribution in [0.1, 0.15) is 63.3 Å². The van der Waals surface area contributed by atoms with Crippen molar-refractivity contribution in [3.8, 4) is 5.75 Å². The summed E-state index contributed by atoms with van der Waals surface area (Å²) in [5.74, 6) is 0.829. The van der Waals surface area contributed by atoms with Crippen molar-refractivity contribution in [1.29, 1.82) is 0 Å². The van der Waals surface area contributed by atoms with Gasteiger partial charge in [-0.3, -0.25) is 4.90 Å². The Hall–Kier alpha value is -2.37. The number of nitrogens with zero attached hydrogens (tertiary/aromatic N) is 2. The number of H-pyrrole nitrogens is 1. The minimum Gasteiger partial charge on any atom is -0.497 e. The molecular formula is C26H33N3O2. The van der Waals surface area contributed by atoms with E-state index in [-0.39, 0.29) is 5.41 Å². The minimum atomic E-state index is -0.761. The molecule has 0 aliphatic carbocycles. The van der Waals surface area contributed by atoms with Gasteiger partial charge in [0.15, 0.2) is 0 Å². The number of fused-ring (bicyclic) bond motifs is 3. The number of ether oxygens (including phenoxy) is 1. The van der Waals surface area contributed by atoms with Crippen LogP contribution in [-0.4, -0.2) is 39.2 Å². The normalized spacial score (nSPS) is 26.5. The maximum Gasteiger partial charge on any atom is 0.137 e. The van der Waals surface area contributed by atoms with E-state index < -0.39 is 5.60 Å². The van der Waals surface area contributed by atoms with Gasteiger partial charge in [0.05, 0.1) is 12.7 Å². The zero-order chi connectivity index (χ0) is 21.8. The van der Waals surface area contributed by atoms with Gasteiger partial charge >= 0.3 is 0 Å². The number of aliphatic hydroxyl groups is 1. The number of benzene rings is 1. The fourth-order valence-corrected chi connectivity index (χ4v) is 5.78. The molecule has 0 saturated carbocycles. The Morgan fingerprint density at radius 3 is 2.42 bits per heavy atom. The van der Waals surface area contributed by atoms with Gasteiger partial charge in [0.2, 0.25) is 0 Å². The average molecular weight is 420 g/mol. The second kappa shape index (κ2) is 7.35. The van der Waals surface area contributed by atoms with E-state index in [4.69, 9.17) is 4.74 Å². The Morgan fingerprint density at radius 2 is 1.81 bits per heavy atom. The van der Waals surface area contributed by atoms with Crippen molar-refractivity contribution in [3.05, 3.63) is 59.4 Å². The lowest BCUT2D eigenvalue weighted by molar-refractivity contribution is -0.0595. The third kappa shape index (κ3) is 3.54. The van der Waals surface area contributed by atoms with E-state index >= 15 is 0 Å². The lowest BCUT2D eigenvalue weighted by atomic mass is 9.80. The molecule has 5 heteroatoms. The number of pyridine rings is 1. The second-order valence-corrected chi connectivity index (χ2v) is 10.4. The van der Waals surface area contributed by atoms with E-state index in [9.17, 15) is 5.11 Å². The van der Waals surface area contributed by atoms with Crippen LogP contribution in [0.5, 0.6) is 5.75 Å². The van der Waals surface area contributed by atoms with Crippen LogP contribution in [0.2, 0.25) is 0 Å². The lowest BCUT2D eigenvalue weighted by Crippen LogP contribution is -2.49. The fourth-order valence-electron chi connectivity index (χ4n) is 5.78. The zero-order valence-electron chi connectivity index (χ0n) is 19.0. The molecule has 0 radical (unpaired) electrons. The van der Waals surface area contributed by atoms with Crippen LogP contribution in [0, 0.1) is 0 Å². The Balaban J connectivity index is 1.44. The van der Waals surface area contributed by atoms with Gasteiger partial charge in [-0.1, -0.05) is 32.9 Å². The monoisotopic (exact) mass is 419 g/mol. The van der Waals surface area contributed by atoms with E-state index in [2.05, 4.69) is 41.7 Å². The minimum absolute atomic E-state index is 0.0225. The summed E-state index contributed by atoms with van der Waals surface area (Å²) < 4.78 is 5.30. The molecule has 2 unspecified atom stereocenters. The molecule has 2 saturated heterocycles. The number of methoxy groups -OCH3 is 1. The van der Waals surface area contributed by atoms with Crippen molar-refractivity contribution >= 4 is 11.0 Å². The van der Waals surface area contributed by atoms with E-state index in [1.807, 2.05) is 36.5 Å². The van der Waals surface area contributed by atoms with E-state index in [1.54, 1.807) is 7.11 Å². The predicted octanol–water partition coefficient (Wildman–Crippen LogP) is 4.88. The summed E-state index contributed by atoms with van der Waals surface area (Å²) in [5.41, 5.74) is 3.88. The van der Waals surface area contributed by atoms with Crippen molar-refractivity contribution in [2.75, 3.05) is 7.11 Å². The molecule has 2 aromatic heterocycles. The molecule has 2 bridgehead atoms. The molecule has 5 nitrogen and oxygen atoms in total. The van der Waals surface area contributed by atoms with Gasteiger partial charge in [-0.05, 0) is 61.1 Å². The van der Waals surface area contributed by atoms with Crippen molar-refractivity contribution in [2.45, 2.75) is 76.1 Å². The quantitative estimate of drug-likeness (QED) is 0.632. The number of piperidine rings is 1. The number of rotatable bonds is 4. The Morgan fingerprint density at radius 1 is 1.13 bits per heavy atom. The van der Waals surface area contributed by atoms with E-state index in [0.717, 1.165) is 49.2 Å². The maximum atomic E-state index is 11.6. The van der Waals surface area contributed by atoms with Gasteiger partial charge in [0.25, 0.3) is 0 Å². The highest BCUT2D eigenvalue weighted by Crippen LogP contribution is 2.47. The van der Waals surface area contributed by atoms with Crippen LogP contribution in [-0.2, 0) is 17.6 Å². The number of hydrogen-bond acceptors (Lipinski definition) is 4. The van der Waals surface area contributed by atoms with Crippen LogP contribution >= 0.6 is 0 Å². The van der Waals surface area contributed by atoms with Crippen molar-refractivity contribution < 1.29 is 9.84 Å². The number of aromatic amines is 1. The predicted molar refractivity (Wildman–Crippen MR) is 123 cm³/mol. The molecule has 164 valence electrons. The summed E-state index contributed by atoms with van der Waals surface area (Å²) >= 11 is 0. The van der Waals surface area contributed by atoms with Crippen LogP contribution in [0.3, 0.4) is 0 Å².